The SMILES string of the molecule is O=C(COc1ccc(Cl)cc1Cl)NCC1CCCCC1. The second-order valence-electron chi connectivity index (χ2n) is 5.17. The van der Waals surface area contributed by atoms with Gasteiger partial charge in [0.05, 0.1) is 5.02 Å². The Morgan fingerprint density at radius 2 is 2.00 bits per heavy atom. The van der Waals surface area contributed by atoms with E-state index in [9.17, 15) is 4.79 Å². The van der Waals surface area contributed by atoms with Crippen LogP contribution in [0.3, 0.4) is 0 Å². The minimum Gasteiger partial charge on any atom is -0.482 e. The predicted octanol–water partition coefficient (Wildman–Crippen LogP) is 4.07. The number of hydrogen-bond donors (Lipinski definition) is 1. The lowest BCUT2D eigenvalue weighted by Crippen LogP contribution is -2.33. The fourth-order valence-corrected chi connectivity index (χ4v) is 2.90. The van der Waals surface area contributed by atoms with Crippen LogP contribution in [0.5, 0.6) is 5.75 Å². The summed E-state index contributed by atoms with van der Waals surface area (Å²) in [6.45, 7) is 0.727. The molecule has 0 aliphatic heterocycles. The largest absolute Gasteiger partial charge is 0.482 e. The molecule has 0 aromatic heterocycles. The van der Waals surface area contributed by atoms with Crippen molar-refractivity contribution in [2.24, 2.45) is 5.92 Å². The molecule has 1 saturated carbocycles. The number of halogens is 2. The first kappa shape index (κ1) is 15.5. The van der Waals surface area contributed by atoms with Gasteiger partial charge in [-0.05, 0) is 37.0 Å². The van der Waals surface area contributed by atoms with Gasteiger partial charge >= 0.3 is 0 Å². The molecule has 0 radical (unpaired) electrons. The monoisotopic (exact) mass is 315 g/mol. The molecule has 0 saturated heterocycles. The quantitative estimate of drug-likeness (QED) is 0.889. The molecule has 3 nitrogen and oxygen atoms in total. The zero-order valence-corrected chi connectivity index (χ0v) is 12.8. The van der Waals surface area contributed by atoms with Crippen molar-refractivity contribution in [1.82, 2.24) is 5.32 Å². The molecule has 1 N–H and O–H groups in total. The molecular formula is C15H19Cl2NO2. The van der Waals surface area contributed by atoms with Gasteiger partial charge in [0, 0.05) is 11.6 Å². The van der Waals surface area contributed by atoms with Gasteiger partial charge in [0.1, 0.15) is 5.75 Å². The number of nitrogens with one attached hydrogen (secondary N) is 1. The Labute approximate surface area is 129 Å². The summed E-state index contributed by atoms with van der Waals surface area (Å²) < 4.78 is 5.39. The summed E-state index contributed by atoms with van der Waals surface area (Å²) in [5.41, 5.74) is 0. The van der Waals surface area contributed by atoms with Crippen LogP contribution in [-0.4, -0.2) is 19.1 Å². The minimum atomic E-state index is -0.110. The molecule has 1 aliphatic carbocycles. The Balaban J connectivity index is 1.71. The molecule has 20 heavy (non-hydrogen) atoms. The van der Waals surface area contributed by atoms with Crippen LogP contribution in [0.4, 0.5) is 0 Å². The van der Waals surface area contributed by atoms with Crippen molar-refractivity contribution in [2.45, 2.75) is 32.1 Å². The number of carbonyl (C=O) groups excluding carboxylic acids is 1. The van der Waals surface area contributed by atoms with Crippen molar-refractivity contribution in [3.63, 3.8) is 0 Å². The number of amides is 1. The van der Waals surface area contributed by atoms with Crippen molar-refractivity contribution >= 4 is 29.1 Å². The van der Waals surface area contributed by atoms with E-state index in [0.717, 1.165) is 6.54 Å². The van der Waals surface area contributed by atoms with Crippen molar-refractivity contribution < 1.29 is 9.53 Å². The van der Waals surface area contributed by atoms with E-state index in [1.54, 1.807) is 18.2 Å². The molecule has 5 heteroatoms. The highest BCUT2D eigenvalue weighted by molar-refractivity contribution is 6.35. The lowest BCUT2D eigenvalue weighted by molar-refractivity contribution is -0.123. The summed E-state index contributed by atoms with van der Waals surface area (Å²) in [4.78, 5) is 11.7. The molecular weight excluding hydrogens is 297 g/mol. The third kappa shape index (κ3) is 4.88. The average molecular weight is 316 g/mol. The molecule has 1 amide bonds. The fraction of sp³-hybridized carbons (Fsp3) is 0.533. The van der Waals surface area contributed by atoms with Crippen molar-refractivity contribution in [3.05, 3.63) is 28.2 Å². The lowest BCUT2D eigenvalue weighted by Gasteiger charge is -2.21. The van der Waals surface area contributed by atoms with Crippen molar-refractivity contribution in [2.75, 3.05) is 13.2 Å². The maximum atomic E-state index is 11.7. The molecule has 1 aromatic rings. The minimum absolute atomic E-state index is 0.0198. The number of carbonyl (C=O) groups is 1. The zero-order chi connectivity index (χ0) is 14.4. The van der Waals surface area contributed by atoms with Gasteiger partial charge in [-0.1, -0.05) is 42.5 Å². The average Bonchev–Trinajstić information content (AvgIpc) is 2.45. The zero-order valence-electron chi connectivity index (χ0n) is 11.3. The molecule has 1 aromatic carbocycles. The Bertz CT molecular complexity index is 459. The van der Waals surface area contributed by atoms with Gasteiger partial charge in [-0.2, -0.15) is 0 Å². The van der Waals surface area contributed by atoms with E-state index in [2.05, 4.69) is 5.32 Å². The van der Waals surface area contributed by atoms with Crippen molar-refractivity contribution in [3.8, 4) is 5.75 Å². The highest BCUT2D eigenvalue weighted by Gasteiger charge is 2.14. The molecule has 0 bridgehead atoms. The Kier molecular flexibility index (Phi) is 5.99. The van der Waals surface area contributed by atoms with Crippen LogP contribution >= 0.6 is 23.2 Å². The summed E-state index contributed by atoms with van der Waals surface area (Å²) in [6, 6.07) is 4.94. The molecule has 2 rings (SSSR count). The van der Waals surface area contributed by atoms with Gasteiger partial charge in [-0.15, -0.1) is 0 Å². The number of hydrogen-bond acceptors (Lipinski definition) is 2. The van der Waals surface area contributed by atoms with Gasteiger partial charge in [0.2, 0.25) is 0 Å². The maximum Gasteiger partial charge on any atom is 0.257 e. The number of rotatable bonds is 5. The van der Waals surface area contributed by atoms with E-state index in [1.807, 2.05) is 0 Å². The van der Waals surface area contributed by atoms with Gasteiger partial charge in [0.25, 0.3) is 5.91 Å². The topological polar surface area (TPSA) is 38.3 Å². The van der Waals surface area contributed by atoms with Crippen LogP contribution in [0.25, 0.3) is 0 Å². The van der Waals surface area contributed by atoms with E-state index < -0.39 is 0 Å². The molecule has 0 spiro atoms. The third-order valence-corrected chi connectivity index (χ3v) is 4.10. The van der Waals surface area contributed by atoms with Gasteiger partial charge in [-0.3, -0.25) is 4.79 Å². The summed E-state index contributed by atoms with van der Waals surface area (Å²) >= 11 is 11.8. The molecule has 0 unspecified atom stereocenters. The first-order valence-corrected chi connectivity index (χ1v) is 7.75. The highest BCUT2D eigenvalue weighted by atomic mass is 35.5. The lowest BCUT2D eigenvalue weighted by atomic mass is 9.89. The summed E-state index contributed by atoms with van der Waals surface area (Å²) in [7, 11) is 0. The van der Waals surface area contributed by atoms with Crippen LogP contribution in [0.1, 0.15) is 32.1 Å². The second kappa shape index (κ2) is 7.75. The van der Waals surface area contributed by atoms with Crippen molar-refractivity contribution in [1.29, 1.82) is 0 Å². The molecule has 110 valence electrons. The highest BCUT2D eigenvalue weighted by Crippen LogP contribution is 2.27. The summed E-state index contributed by atoms with van der Waals surface area (Å²) in [5, 5.41) is 3.88. The smallest absolute Gasteiger partial charge is 0.257 e. The van der Waals surface area contributed by atoms with Crippen LogP contribution in [0.15, 0.2) is 18.2 Å². The Morgan fingerprint density at radius 1 is 1.25 bits per heavy atom. The maximum absolute atomic E-state index is 11.7. The van der Waals surface area contributed by atoms with Crippen LogP contribution < -0.4 is 10.1 Å². The van der Waals surface area contributed by atoms with Crippen LogP contribution in [0, 0.1) is 5.92 Å². The van der Waals surface area contributed by atoms with E-state index >= 15 is 0 Å². The summed E-state index contributed by atoms with van der Waals surface area (Å²) in [5.74, 6) is 0.984. The van der Waals surface area contributed by atoms with E-state index in [0.29, 0.717) is 21.7 Å². The molecule has 1 aliphatic rings. The second-order valence-corrected chi connectivity index (χ2v) is 6.02. The predicted molar refractivity (Wildman–Crippen MR) is 81.5 cm³/mol. The number of ether oxygens (including phenoxy) is 1. The molecule has 1 fully saturated rings. The number of benzene rings is 1. The first-order valence-electron chi connectivity index (χ1n) is 6.99. The van der Waals surface area contributed by atoms with E-state index in [1.165, 1.54) is 32.1 Å². The van der Waals surface area contributed by atoms with E-state index in [-0.39, 0.29) is 12.5 Å². The standard InChI is InChI=1S/C15H19Cl2NO2/c16-12-6-7-14(13(17)8-12)20-10-15(19)18-9-11-4-2-1-3-5-11/h6-8,11H,1-5,9-10H2,(H,18,19). The Hall–Kier alpha value is -0.930. The molecule has 0 atom stereocenters. The van der Waals surface area contributed by atoms with Gasteiger partial charge < -0.3 is 10.1 Å². The first-order chi connectivity index (χ1) is 9.65. The third-order valence-electron chi connectivity index (χ3n) is 3.57. The van der Waals surface area contributed by atoms with Gasteiger partial charge in [-0.25, -0.2) is 0 Å². The fourth-order valence-electron chi connectivity index (χ4n) is 2.44. The van der Waals surface area contributed by atoms with Crippen LogP contribution in [0.2, 0.25) is 10.0 Å². The van der Waals surface area contributed by atoms with E-state index in [4.69, 9.17) is 27.9 Å². The summed E-state index contributed by atoms with van der Waals surface area (Å²) in [6.07, 6.45) is 6.30. The Morgan fingerprint density at radius 3 is 2.70 bits per heavy atom. The van der Waals surface area contributed by atoms with Crippen LogP contribution in [-0.2, 0) is 4.79 Å². The molecule has 0 heterocycles. The normalized spacial score (nSPS) is 15.9. The van der Waals surface area contributed by atoms with Gasteiger partial charge in [0.15, 0.2) is 6.61 Å².